The minimum Gasteiger partial charge on any atom is -0.298 e. The summed E-state index contributed by atoms with van der Waals surface area (Å²) in [5, 5.41) is 0. The lowest BCUT2D eigenvalue weighted by molar-refractivity contribution is -0.00791. The molecule has 1 saturated carbocycles. The van der Waals surface area contributed by atoms with Crippen molar-refractivity contribution in [3.63, 3.8) is 0 Å². The molecule has 0 aromatic rings. The average Bonchev–Trinajstić information content (AvgIpc) is 2.04. The molecule has 0 spiro atoms. The Kier molecular flexibility index (Phi) is 2.16. The average molecular weight is 167 g/mol. The van der Waals surface area contributed by atoms with Gasteiger partial charge in [0.1, 0.15) is 0 Å². The van der Waals surface area contributed by atoms with Crippen LogP contribution >= 0.6 is 0 Å². The van der Waals surface area contributed by atoms with Crippen LogP contribution in [0.3, 0.4) is 0 Å². The molecule has 12 heavy (non-hydrogen) atoms. The standard InChI is InChI=1S/C11H21N/c1-8(2)12-7-10-4-5-11(12)6-9(10)3/h8-11H,4-7H2,1-3H3/t9?,10-,11-/m0/s1. The molecule has 1 heteroatoms. The number of hydrogen-bond acceptors (Lipinski definition) is 1. The second kappa shape index (κ2) is 3.02. The van der Waals surface area contributed by atoms with Crippen molar-refractivity contribution in [1.29, 1.82) is 0 Å². The topological polar surface area (TPSA) is 3.24 Å². The highest BCUT2D eigenvalue weighted by Gasteiger charge is 2.38. The summed E-state index contributed by atoms with van der Waals surface area (Å²) < 4.78 is 0. The maximum atomic E-state index is 2.72. The van der Waals surface area contributed by atoms with Crippen molar-refractivity contribution in [2.45, 2.75) is 52.1 Å². The summed E-state index contributed by atoms with van der Waals surface area (Å²) in [6, 6.07) is 1.69. The van der Waals surface area contributed by atoms with Crippen molar-refractivity contribution in [3.05, 3.63) is 0 Å². The van der Waals surface area contributed by atoms with Gasteiger partial charge in [-0.3, -0.25) is 4.90 Å². The minimum atomic E-state index is 0.769. The van der Waals surface area contributed by atoms with Crippen LogP contribution in [-0.2, 0) is 0 Å². The molecular weight excluding hydrogens is 146 g/mol. The molecule has 70 valence electrons. The summed E-state index contributed by atoms with van der Waals surface area (Å²) >= 11 is 0. The summed E-state index contributed by atoms with van der Waals surface area (Å²) in [4.78, 5) is 2.72. The normalized spacial score (nSPS) is 42.5. The fourth-order valence-electron chi connectivity index (χ4n) is 3.06. The zero-order valence-electron chi connectivity index (χ0n) is 8.59. The highest BCUT2D eigenvalue weighted by atomic mass is 15.2. The molecule has 3 rings (SSSR count). The first-order valence-corrected chi connectivity index (χ1v) is 5.44. The molecule has 0 amide bonds. The molecule has 2 heterocycles. The molecule has 3 atom stereocenters. The van der Waals surface area contributed by atoms with E-state index in [0.29, 0.717) is 0 Å². The second-order valence-corrected chi connectivity index (χ2v) is 4.99. The number of hydrogen-bond donors (Lipinski definition) is 0. The van der Waals surface area contributed by atoms with Crippen LogP contribution in [0.15, 0.2) is 0 Å². The monoisotopic (exact) mass is 167 g/mol. The van der Waals surface area contributed by atoms with E-state index in [-0.39, 0.29) is 0 Å². The van der Waals surface area contributed by atoms with Crippen LogP contribution in [-0.4, -0.2) is 23.5 Å². The van der Waals surface area contributed by atoms with E-state index in [1.54, 1.807) is 0 Å². The second-order valence-electron chi connectivity index (χ2n) is 4.99. The molecule has 2 aliphatic heterocycles. The van der Waals surface area contributed by atoms with E-state index in [2.05, 4.69) is 25.7 Å². The Morgan fingerprint density at radius 2 is 2.00 bits per heavy atom. The number of nitrogens with zero attached hydrogens (tertiary/aromatic N) is 1. The first kappa shape index (κ1) is 8.55. The molecule has 1 nitrogen and oxygen atoms in total. The van der Waals surface area contributed by atoms with Crippen molar-refractivity contribution < 1.29 is 0 Å². The highest BCUT2D eigenvalue weighted by molar-refractivity contribution is 4.92. The summed E-state index contributed by atoms with van der Waals surface area (Å²) in [5.41, 5.74) is 0. The molecule has 3 aliphatic rings. The summed E-state index contributed by atoms with van der Waals surface area (Å²) in [6.45, 7) is 8.49. The Morgan fingerprint density at radius 1 is 1.25 bits per heavy atom. The third-order valence-corrected chi connectivity index (χ3v) is 3.90. The number of piperidine rings is 2. The Labute approximate surface area is 76.1 Å². The van der Waals surface area contributed by atoms with Gasteiger partial charge in [0.25, 0.3) is 0 Å². The fourth-order valence-corrected chi connectivity index (χ4v) is 3.06. The van der Waals surface area contributed by atoms with Gasteiger partial charge in [-0.25, -0.2) is 0 Å². The van der Waals surface area contributed by atoms with E-state index in [1.165, 1.54) is 25.8 Å². The van der Waals surface area contributed by atoms with Gasteiger partial charge in [-0.2, -0.15) is 0 Å². The van der Waals surface area contributed by atoms with Gasteiger partial charge in [-0.1, -0.05) is 6.92 Å². The lowest BCUT2D eigenvalue weighted by Crippen LogP contribution is -2.53. The Balaban J connectivity index is 2.05. The van der Waals surface area contributed by atoms with Gasteiger partial charge in [0, 0.05) is 18.6 Å². The lowest BCUT2D eigenvalue weighted by atomic mass is 9.72. The van der Waals surface area contributed by atoms with Crippen molar-refractivity contribution in [2.24, 2.45) is 11.8 Å². The van der Waals surface area contributed by atoms with E-state index < -0.39 is 0 Å². The van der Waals surface area contributed by atoms with Gasteiger partial charge in [0.2, 0.25) is 0 Å². The van der Waals surface area contributed by atoms with Crippen LogP contribution in [0.5, 0.6) is 0 Å². The van der Waals surface area contributed by atoms with E-state index in [9.17, 15) is 0 Å². The van der Waals surface area contributed by atoms with Gasteiger partial charge in [-0.15, -0.1) is 0 Å². The first-order valence-electron chi connectivity index (χ1n) is 5.44. The molecule has 1 aliphatic carbocycles. The van der Waals surface area contributed by atoms with Gasteiger partial charge in [0.05, 0.1) is 0 Å². The third kappa shape index (κ3) is 1.28. The van der Waals surface area contributed by atoms with Crippen molar-refractivity contribution >= 4 is 0 Å². The van der Waals surface area contributed by atoms with Gasteiger partial charge in [0.15, 0.2) is 0 Å². The minimum absolute atomic E-state index is 0.769. The Hall–Kier alpha value is -0.0400. The zero-order valence-corrected chi connectivity index (χ0v) is 8.59. The molecule has 0 aromatic carbocycles. The molecule has 1 unspecified atom stereocenters. The molecule has 2 saturated heterocycles. The summed E-state index contributed by atoms with van der Waals surface area (Å²) in [5.74, 6) is 2.01. The van der Waals surface area contributed by atoms with E-state index in [0.717, 1.165) is 23.9 Å². The number of fused-ring (bicyclic) bond motifs is 3. The van der Waals surface area contributed by atoms with Crippen LogP contribution in [0, 0.1) is 11.8 Å². The zero-order chi connectivity index (χ0) is 8.72. The SMILES string of the molecule is CC1C[C@@H]2CC[C@H]1CN2C(C)C. The van der Waals surface area contributed by atoms with Crippen LogP contribution in [0.2, 0.25) is 0 Å². The molecule has 0 aromatic heterocycles. The van der Waals surface area contributed by atoms with Crippen molar-refractivity contribution in [2.75, 3.05) is 6.54 Å². The highest BCUT2D eigenvalue weighted by Crippen LogP contribution is 2.39. The first-order chi connectivity index (χ1) is 5.68. The Morgan fingerprint density at radius 3 is 2.42 bits per heavy atom. The van der Waals surface area contributed by atoms with Crippen molar-refractivity contribution in [3.8, 4) is 0 Å². The number of rotatable bonds is 1. The van der Waals surface area contributed by atoms with Crippen LogP contribution in [0.1, 0.15) is 40.0 Å². The molecular formula is C11H21N. The molecule has 3 fully saturated rings. The van der Waals surface area contributed by atoms with Crippen LogP contribution in [0.4, 0.5) is 0 Å². The summed E-state index contributed by atoms with van der Waals surface area (Å²) in [7, 11) is 0. The van der Waals surface area contributed by atoms with E-state index >= 15 is 0 Å². The maximum Gasteiger partial charge on any atom is 0.0101 e. The van der Waals surface area contributed by atoms with Crippen molar-refractivity contribution in [1.82, 2.24) is 4.90 Å². The van der Waals surface area contributed by atoms with Gasteiger partial charge >= 0.3 is 0 Å². The predicted molar refractivity (Wildman–Crippen MR) is 52.1 cm³/mol. The predicted octanol–water partition coefficient (Wildman–Crippen LogP) is 2.52. The Bertz CT molecular complexity index is 164. The van der Waals surface area contributed by atoms with Crippen LogP contribution < -0.4 is 0 Å². The molecule has 0 radical (unpaired) electrons. The van der Waals surface area contributed by atoms with E-state index in [1.807, 2.05) is 0 Å². The van der Waals surface area contributed by atoms with Gasteiger partial charge in [-0.05, 0) is 44.9 Å². The largest absolute Gasteiger partial charge is 0.298 e. The summed E-state index contributed by atoms with van der Waals surface area (Å²) in [6.07, 6.45) is 4.42. The quantitative estimate of drug-likeness (QED) is 0.580. The van der Waals surface area contributed by atoms with Gasteiger partial charge < -0.3 is 0 Å². The lowest BCUT2D eigenvalue weighted by Gasteiger charge is -2.50. The van der Waals surface area contributed by atoms with E-state index in [4.69, 9.17) is 0 Å². The third-order valence-electron chi connectivity index (χ3n) is 3.90. The van der Waals surface area contributed by atoms with Crippen LogP contribution in [0.25, 0.3) is 0 Å². The smallest absolute Gasteiger partial charge is 0.0101 e. The molecule has 2 bridgehead atoms. The maximum absolute atomic E-state index is 2.72. The fraction of sp³-hybridized carbons (Fsp3) is 1.00. The molecule has 0 N–H and O–H groups in total.